The lowest BCUT2D eigenvalue weighted by atomic mass is 10.1. The number of halogens is 1. The van der Waals surface area contributed by atoms with Crippen LogP contribution in [0.1, 0.15) is 21.5 Å². The first-order valence-corrected chi connectivity index (χ1v) is 11.5. The Balaban J connectivity index is 1.28. The predicted molar refractivity (Wildman–Crippen MR) is 129 cm³/mol. The predicted octanol–water partition coefficient (Wildman–Crippen LogP) is 4.99. The van der Waals surface area contributed by atoms with Crippen molar-refractivity contribution in [2.75, 3.05) is 33.3 Å². The third kappa shape index (κ3) is 5.69. The first-order valence-electron chi connectivity index (χ1n) is 10.7. The highest BCUT2D eigenvalue weighted by Crippen LogP contribution is 2.25. The first-order chi connectivity index (χ1) is 15.6. The van der Waals surface area contributed by atoms with Gasteiger partial charge in [-0.3, -0.25) is 9.69 Å². The second kappa shape index (κ2) is 10.7. The Morgan fingerprint density at radius 2 is 1.66 bits per heavy atom. The molecule has 1 aliphatic heterocycles. The zero-order valence-electron chi connectivity index (χ0n) is 18.2. The molecule has 0 saturated carbocycles. The molecule has 0 N–H and O–H groups in total. The van der Waals surface area contributed by atoms with Gasteiger partial charge in [0.2, 0.25) is 0 Å². The molecule has 3 aromatic carbocycles. The van der Waals surface area contributed by atoms with E-state index in [1.807, 2.05) is 65.6 Å². The monoisotopic (exact) mass is 494 g/mol. The molecular weight excluding hydrogens is 468 g/mol. The molecule has 1 heterocycles. The third-order valence-corrected chi connectivity index (χ3v) is 6.29. The standard InChI is InChI=1S/C26H27BrN2O3/c1-31-23-6-4-5-21(17-23)18-28-13-15-29(16-14-28)26(30)22-11-9-20(10-12-22)19-32-25-8-3-2-7-24(25)27/h2-12,17H,13-16,18-19H2,1H3. The van der Waals surface area contributed by atoms with Crippen LogP contribution >= 0.6 is 15.9 Å². The highest BCUT2D eigenvalue weighted by molar-refractivity contribution is 9.10. The van der Waals surface area contributed by atoms with Crippen molar-refractivity contribution in [3.8, 4) is 11.5 Å². The lowest BCUT2D eigenvalue weighted by Crippen LogP contribution is -2.48. The zero-order chi connectivity index (χ0) is 22.3. The van der Waals surface area contributed by atoms with Crippen molar-refractivity contribution >= 4 is 21.8 Å². The molecule has 0 unspecified atom stereocenters. The number of carbonyl (C=O) groups is 1. The first kappa shape index (κ1) is 22.4. The van der Waals surface area contributed by atoms with Crippen LogP contribution in [0, 0.1) is 0 Å². The van der Waals surface area contributed by atoms with Crippen molar-refractivity contribution in [2.45, 2.75) is 13.2 Å². The van der Waals surface area contributed by atoms with E-state index >= 15 is 0 Å². The van der Waals surface area contributed by atoms with Gasteiger partial charge in [-0.1, -0.05) is 36.4 Å². The molecule has 166 valence electrons. The van der Waals surface area contributed by atoms with Gasteiger partial charge in [-0.25, -0.2) is 0 Å². The van der Waals surface area contributed by atoms with E-state index in [4.69, 9.17) is 9.47 Å². The van der Waals surface area contributed by atoms with Crippen LogP contribution in [-0.2, 0) is 13.2 Å². The maximum Gasteiger partial charge on any atom is 0.253 e. The Morgan fingerprint density at radius 3 is 2.38 bits per heavy atom. The Labute approximate surface area is 197 Å². The van der Waals surface area contributed by atoms with Crippen LogP contribution in [0.4, 0.5) is 0 Å². The summed E-state index contributed by atoms with van der Waals surface area (Å²) in [6, 6.07) is 23.6. The van der Waals surface area contributed by atoms with Crippen LogP contribution in [0.2, 0.25) is 0 Å². The molecule has 4 rings (SSSR count). The minimum absolute atomic E-state index is 0.0873. The maximum atomic E-state index is 12.9. The summed E-state index contributed by atoms with van der Waals surface area (Å²) in [6.07, 6.45) is 0. The van der Waals surface area contributed by atoms with E-state index < -0.39 is 0 Å². The van der Waals surface area contributed by atoms with Crippen LogP contribution in [0.15, 0.2) is 77.3 Å². The van der Waals surface area contributed by atoms with Gasteiger partial charge in [-0.05, 0) is 63.5 Å². The van der Waals surface area contributed by atoms with Gasteiger partial charge in [0.25, 0.3) is 5.91 Å². The molecule has 1 amide bonds. The molecule has 6 heteroatoms. The summed E-state index contributed by atoms with van der Waals surface area (Å²) in [5, 5.41) is 0. The molecule has 32 heavy (non-hydrogen) atoms. The van der Waals surface area contributed by atoms with E-state index in [1.165, 1.54) is 5.56 Å². The fourth-order valence-corrected chi connectivity index (χ4v) is 4.19. The number of para-hydroxylation sites is 1. The van der Waals surface area contributed by atoms with Crippen molar-refractivity contribution in [1.82, 2.24) is 9.80 Å². The molecule has 1 saturated heterocycles. The van der Waals surface area contributed by atoms with Gasteiger partial charge in [0, 0.05) is 38.3 Å². The normalized spacial score (nSPS) is 14.2. The minimum Gasteiger partial charge on any atom is -0.497 e. The molecule has 1 aliphatic rings. The Bertz CT molecular complexity index is 1050. The number of benzene rings is 3. The summed E-state index contributed by atoms with van der Waals surface area (Å²) in [4.78, 5) is 17.3. The average molecular weight is 495 g/mol. The number of carbonyl (C=O) groups excluding carboxylic acids is 1. The summed E-state index contributed by atoms with van der Waals surface area (Å²) in [5.74, 6) is 1.77. The van der Waals surface area contributed by atoms with Crippen LogP contribution in [-0.4, -0.2) is 49.0 Å². The van der Waals surface area contributed by atoms with Gasteiger partial charge < -0.3 is 14.4 Å². The second-order valence-electron chi connectivity index (χ2n) is 7.84. The van der Waals surface area contributed by atoms with E-state index in [-0.39, 0.29) is 5.91 Å². The van der Waals surface area contributed by atoms with Crippen LogP contribution in [0.5, 0.6) is 11.5 Å². The van der Waals surface area contributed by atoms with Crippen LogP contribution in [0.25, 0.3) is 0 Å². The van der Waals surface area contributed by atoms with Gasteiger partial charge in [0.15, 0.2) is 0 Å². The van der Waals surface area contributed by atoms with Gasteiger partial charge >= 0.3 is 0 Å². The van der Waals surface area contributed by atoms with Crippen molar-refractivity contribution in [3.63, 3.8) is 0 Å². The van der Waals surface area contributed by atoms with Crippen molar-refractivity contribution in [1.29, 1.82) is 0 Å². The average Bonchev–Trinajstić information content (AvgIpc) is 2.84. The fourth-order valence-electron chi connectivity index (χ4n) is 3.79. The summed E-state index contributed by atoms with van der Waals surface area (Å²) in [5.41, 5.74) is 2.97. The molecule has 0 radical (unpaired) electrons. The summed E-state index contributed by atoms with van der Waals surface area (Å²) >= 11 is 3.49. The highest BCUT2D eigenvalue weighted by Gasteiger charge is 2.22. The van der Waals surface area contributed by atoms with Crippen molar-refractivity contribution in [3.05, 3.63) is 94.0 Å². The molecule has 0 bridgehead atoms. The number of methoxy groups -OCH3 is 1. The van der Waals surface area contributed by atoms with Crippen LogP contribution in [0.3, 0.4) is 0 Å². The molecule has 3 aromatic rings. The van der Waals surface area contributed by atoms with E-state index in [9.17, 15) is 4.79 Å². The quantitative estimate of drug-likeness (QED) is 0.463. The molecule has 1 fully saturated rings. The minimum atomic E-state index is 0.0873. The van der Waals surface area contributed by atoms with E-state index in [0.29, 0.717) is 6.61 Å². The lowest BCUT2D eigenvalue weighted by molar-refractivity contribution is 0.0628. The number of hydrogen-bond acceptors (Lipinski definition) is 4. The Morgan fingerprint density at radius 1 is 0.906 bits per heavy atom. The molecule has 5 nitrogen and oxygen atoms in total. The molecule has 0 spiro atoms. The number of rotatable bonds is 7. The summed E-state index contributed by atoms with van der Waals surface area (Å²) < 4.78 is 12.1. The van der Waals surface area contributed by atoms with Crippen LogP contribution < -0.4 is 9.47 Å². The van der Waals surface area contributed by atoms with Crippen molar-refractivity contribution in [2.24, 2.45) is 0 Å². The highest BCUT2D eigenvalue weighted by atomic mass is 79.9. The Kier molecular flexibility index (Phi) is 7.45. The number of piperazine rings is 1. The number of amides is 1. The molecule has 0 aromatic heterocycles. The number of ether oxygens (including phenoxy) is 2. The number of hydrogen-bond donors (Lipinski definition) is 0. The Hall–Kier alpha value is -2.83. The zero-order valence-corrected chi connectivity index (χ0v) is 19.8. The van der Waals surface area contributed by atoms with E-state index in [0.717, 1.165) is 59.8 Å². The fraction of sp³-hybridized carbons (Fsp3) is 0.269. The summed E-state index contributed by atoms with van der Waals surface area (Å²) in [6.45, 7) is 4.51. The van der Waals surface area contributed by atoms with E-state index in [2.05, 4.69) is 33.0 Å². The van der Waals surface area contributed by atoms with Crippen molar-refractivity contribution < 1.29 is 14.3 Å². The molecule has 0 atom stereocenters. The summed E-state index contributed by atoms with van der Waals surface area (Å²) in [7, 11) is 1.69. The van der Waals surface area contributed by atoms with E-state index in [1.54, 1.807) is 7.11 Å². The topological polar surface area (TPSA) is 42.0 Å². The molecular formula is C26H27BrN2O3. The maximum absolute atomic E-state index is 12.9. The number of nitrogens with zero attached hydrogens (tertiary/aromatic N) is 2. The van der Waals surface area contributed by atoms with Gasteiger partial charge in [-0.15, -0.1) is 0 Å². The van der Waals surface area contributed by atoms with Gasteiger partial charge in [0.1, 0.15) is 18.1 Å². The lowest BCUT2D eigenvalue weighted by Gasteiger charge is -2.34. The smallest absolute Gasteiger partial charge is 0.253 e. The second-order valence-corrected chi connectivity index (χ2v) is 8.69. The SMILES string of the molecule is COc1cccc(CN2CCN(C(=O)c3ccc(COc4ccccc4Br)cc3)CC2)c1. The molecule has 0 aliphatic carbocycles. The van der Waals surface area contributed by atoms with Gasteiger partial charge in [-0.2, -0.15) is 0 Å². The van der Waals surface area contributed by atoms with Gasteiger partial charge in [0.05, 0.1) is 11.6 Å². The third-order valence-electron chi connectivity index (χ3n) is 5.63. The largest absolute Gasteiger partial charge is 0.497 e.